The van der Waals surface area contributed by atoms with Crippen molar-refractivity contribution in [3.05, 3.63) is 46.5 Å². The minimum Gasteiger partial charge on any atom is -0.374 e. The molecule has 2 aromatic carbocycles. The Balaban J connectivity index is 0.000000994. The Morgan fingerprint density at radius 3 is 1.59 bits per heavy atom. The molecule has 29 heavy (non-hydrogen) atoms. The van der Waals surface area contributed by atoms with Gasteiger partial charge in [0.1, 0.15) is 0 Å². The first-order chi connectivity index (χ1) is 13.9. The van der Waals surface area contributed by atoms with Crippen molar-refractivity contribution in [3.8, 4) is 0 Å². The molecule has 0 saturated heterocycles. The molecule has 4 heteroatoms. The Labute approximate surface area is 177 Å². The molecular formula is C25H34N2OS. The molecule has 3 aliphatic rings. The largest absolute Gasteiger partial charge is 0.374 e. The van der Waals surface area contributed by atoms with Crippen LogP contribution in [0, 0.1) is 0 Å². The third-order valence-corrected chi connectivity index (χ3v) is 9.62. The predicted octanol–water partition coefficient (Wildman–Crippen LogP) is 5.50. The molecule has 0 saturated carbocycles. The Kier molecular flexibility index (Phi) is 5.18. The van der Waals surface area contributed by atoms with Gasteiger partial charge in [0.25, 0.3) is 0 Å². The number of carbonyl (C=O) groups excluding carboxylic acids is 1. The van der Waals surface area contributed by atoms with Gasteiger partial charge in [0.05, 0.1) is 0 Å². The molecule has 2 aromatic rings. The maximum absolute atomic E-state index is 13.5. The SMILES string of the molecule is CC.CN1CCCc2c1ccc1c2S(C)(C)c2c(ccc3c2CCCN3C)C1=O. The van der Waals surface area contributed by atoms with Gasteiger partial charge in [-0.05, 0) is 73.6 Å². The summed E-state index contributed by atoms with van der Waals surface area (Å²) >= 11 is 0. The normalized spacial score (nSPS) is 19.9. The molecule has 3 aliphatic heterocycles. The first kappa shape index (κ1) is 20.3. The zero-order valence-corrected chi connectivity index (χ0v) is 19.6. The molecule has 3 heterocycles. The third kappa shape index (κ3) is 2.91. The van der Waals surface area contributed by atoms with Crippen LogP contribution in [0.1, 0.15) is 53.7 Å². The lowest BCUT2D eigenvalue weighted by atomic mass is 9.92. The Hall–Kier alpha value is -1.94. The molecule has 0 N–H and O–H groups in total. The second-order valence-corrected chi connectivity index (χ2v) is 12.1. The summed E-state index contributed by atoms with van der Waals surface area (Å²) in [5.41, 5.74) is 7.45. The lowest BCUT2D eigenvalue weighted by molar-refractivity contribution is 0.103. The molecule has 0 atom stereocenters. The summed E-state index contributed by atoms with van der Waals surface area (Å²) < 4.78 is 0. The Bertz CT molecular complexity index is 904. The quantitative estimate of drug-likeness (QED) is 0.573. The van der Waals surface area contributed by atoms with E-state index in [-0.39, 0.29) is 5.78 Å². The number of benzene rings is 2. The van der Waals surface area contributed by atoms with Gasteiger partial charge in [-0.3, -0.25) is 4.79 Å². The summed E-state index contributed by atoms with van der Waals surface area (Å²) in [6, 6.07) is 8.55. The molecular weight excluding hydrogens is 376 g/mol. The molecule has 0 bridgehead atoms. The van der Waals surface area contributed by atoms with Crippen molar-refractivity contribution >= 4 is 27.2 Å². The van der Waals surface area contributed by atoms with Crippen LogP contribution in [0.5, 0.6) is 0 Å². The van der Waals surface area contributed by atoms with Gasteiger partial charge in [0, 0.05) is 59.5 Å². The van der Waals surface area contributed by atoms with Crippen LogP contribution in [-0.4, -0.2) is 45.5 Å². The van der Waals surface area contributed by atoms with E-state index in [1.807, 2.05) is 13.8 Å². The van der Waals surface area contributed by atoms with Crippen LogP contribution in [-0.2, 0) is 12.8 Å². The van der Waals surface area contributed by atoms with Crippen molar-refractivity contribution in [1.29, 1.82) is 0 Å². The summed E-state index contributed by atoms with van der Waals surface area (Å²) in [6.07, 6.45) is 9.37. The monoisotopic (exact) mass is 410 g/mol. The lowest BCUT2D eigenvalue weighted by Crippen LogP contribution is -2.30. The van der Waals surface area contributed by atoms with Crippen LogP contribution in [0.15, 0.2) is 34.1 Å². The number of fused-ring (bicyclic) bond motifs is 6. The van der Waals surface area contributed by atoms with E-state index < -0.39 is 10.0 Å². The van der Waals surface area contributed by atoms with Crippen LogP contribution in [0.25, 0.3) is 0 Å². The Morgan fingerprint density at radius 2 is 1.17 bits per heavy atom. The molecule has 0 spiro atoms. The second-order valence-electron chi connectivity index (χ2n) is 8.59. The van der Waals surface area contributed by atoms with Crippen molar-refractivity contribution in [1.82, 2.24) is 0 Å². The van der Waals surface area contributed by atoms with Crippen molar-refractivity contribution in [2.75, 3.05) is 49.5 Å². The van der Waals surface area contributed by atoms with Crippen molar-refractivity contribution in [2.45, 2.75) is 49.3 Å². The van der Waals surface area contributed by atoms with Gasteiger partial charge >= 0.3 is 0 Å². The van der Waals surface area contributed by atoms with Gasteiger partial charge in [-0.15, -0.1) is 0 Å². The van der Waals surface area contributed by atoms with Gasteiger partial charge in [-0.2, -0.15) is 10.0 Å². The van der Waals surface area contributed by atoms with E-state index >= 15 is 0 Å². The van der Waals surface area contributed by atoms with E-state index in [1.165, 1.54) is 45.1 Å². The fraction of sp³-hybridized carbons (Fsp3) is 0.480. The fourth-order valence-electron chi connectivity index (χ4n) is 5.43. The highest BCUT2D eigenvalue weighted by Crippen LogP contribution is 2.66. The average Bonchev–Trinajstić information content (AvgIpc) is 2.73. The lowest BCUT2D eigenvalue weighted by Gasteiger charge is -2.45. The number of nitrogens with zero attached hydrogens (tertiary/aromatic N) is 2. The maximum Gasteiger partial charge on any atom is 0.195 e. The minimum absolute atomic E-state index is 0.235. The summed E-state index contributed by atoms with van der Waals surface area (Å²) in [7, 11) is 3.13. The average molecular weight is 411 g/mol. The highest BCUT2D eigenvalue weighted by atomic mass is 32.3. The third-order valence-electron chi connectivity index (χ3n) is 6.64. The number of hydrogen-bond donors (Lipinski definition) is 0. The summed E-state index contributed by atoms with van der Waals surface area (Å²) in [6.45, 7) is 6.21. The standard InChI is InChI=1S/C23H28N2OS.C2H6/c1-24-13-5-7-15-19(24)11-9-17-21(26)18-10-12-20-16(8-6-14-25(20)2)23(18)27(3,4)22(15)17;1-2/h9-12H,5-8,13-14H2,1-4H3;1-2H3. The van der Waals surface area contributed by atoms with Gasteiger partial charge < -0.3 is 9.80 Å². The van der Waals surface area contributed by atoms with Gasteiger partial charge in [-0.1, -0.05) is 13.8 Å². The smallest absolute Gasteiger partial charge is 0.195 e. The van der Waals surface area contributed by atoms with Crippen molar-refractivity contribution in [3.63, 3.8) is 0 Å². The van der Waals surface area contributed by atoms with Crippen molar-refractivity contribution < 1.29 is 4.79 Å². The zero-order valence-electron chi connectivity index (χ0n) is 18.8. The molecule has 156 valence electrons. The van der Waals surface area contributed by atoms with Crippen LogP contribution in [0.2, 0.25) is 0 Å². The van der Waals surface area contributed by atoms with E-state index in [9.17, 15) is 4.79 Å². The van der Waals surface area contributed by atoms with Gasteiger partial charge in [-0.25, -0.2) is 0 Å². The van der Waals surface area contributed by atoms with Crippen LogP contribution < -0.4 is 9.80 Å². The van der Waals surface area contributed by atoms with Crippen molar-refractivity contribution in [2.24, 2.45) is 0 Å². The molecule has 0 amide bonds. The van der Waals surface area contributed by atoms with Crippen LogP contribution >= 0.6 is 10.0 Å². The first-order valence-corrected chi connectivity index (χ1v) is 13.4. The van der Waals surface area contributed by atoms with E-state index in [4.69, 9.17) is 0 Å². The highest BCUT2D eigenvalue weighted by molar-refractivity contribution is 8.33. The van der Waals surface area contributed by atoms with Crippen LogP contribution in [0.4, 0.5) is 11.4 Å². The number of rotatable bonds is 0. The molecule has 0 radical (unpaired) electrons. The number of ketones is 1. The molecule has 0 aromatic heterocycles. The maximum atomic E-state index is 13.5. The Morgan fingerprint density at radius 1 is 0.759 bits per heavy atom. The minimum atomic E-state index is -1.24. The molecule has 3 nitrogen and oxygen atoms in total. The second kappa shape index (κ2) is 7.39. The first-order valence-electron chi connectivity index (χ1n) is 10.9. The number of anilines is 2. The zero-order chi connectivity index (χ0) is 20.9. The van der Waals surface area contributed by atoms with Gasteiger partial charge in [0.15, 0.2) is 5.78 Å². The predicted molar refractivity (Wildman–Crippen MR) is 127 cm³/mol. The summed E-state index contributed by atoms with van der Waals surface area (Å²) in [4.78, 5) is 21.0. The number of carbonyl (C=O) groups is 1. The molecule has 5 rings (SSSR count). The number of hydrogen-bond acceptors (Lipinski definition) is 3. The topological polar surface area (TPSA) is 23.6 Å². The van der Waals surface area contributed by atoms with E-state index in [1.54, 1.807) is 0 Å². The highest BCUT2D eigenvalue weighted by Gasteiger charge is 2.39. The van der Waals surface area contributed by atoms with E-state index in [2.05, 4.69) is 60.7 Å². The van der Waals surface area contributed by atoms with E-state index in [0.717, 1.165) is 37.1 Å². The van der Waals surface area contributed by atoms with Crippen LogP contribution in [0.3, 0.4) is 0 Å². The summed E-state index contributed by atoms with van der Waals surface area (Å²) in [5, 5.41) is 0. The molecule has 0 fully saturated rings. The van der Waals surface area contributed by atoms with E-state index in [0.29, 0.717) is 0 Å². The summed E-state index contributed by atoms with van der Waals surface area (Å²) in [5.74, 6) is 0.235. The van der Waals surface area contributed by atoms with Gasteiger partial charge in [0.2, 0.25) is 0 Å². The molecule has 0 unspecified atom stereocenters. The molecule has 0 aliphatic carbocycles. The fourth-order valence-corrected chi connectivity index (χ4v) is 8.70.